The fourth-order valence-electron chi connectivity index (χ4n) is 1.66. The Balaban J connectivity index is 2.74. The van der Waals surface area contributed by atoms with Gasteiger partial charge in [0.25, 0.3) is 0 Å². The van der Waals surface area contributed by atoms with Gasteiger partial charge in [-0.2, -0.15) is 0 Å². The number of hydrogen-bond acceptors (Lipinski definition) is 3. The molecule has 3 nitrogen and oxygen atoms in total. The summed E-state index contributed by atoms with van der Waals surface area (Å²) in [4.78, 5) is 0. The van der Waals surface area contributed by atoms with E-state index < -0.39 is 22.5 Å². The van der Waals surface area contributed by atoms with E-state index in [4.69, 9.17) is 8.06 Å². The zero-order chi connectivity index (χ0) is 10.4. The molecule has 0 aliphatic carbocycles. The summed E-state index contributed by atoms with van der Waals surface area (Å²) in [7, 11) is 5.00. The molecule has 0 saturated carbocycles. The van der Waals surface area contributed by atoms with Gasteiger partial charge in [-0.15, -0.1) is 0 Å². The summed E-state index contributed by atoms with van der Waals surface area (Å²) in [6.45, 7) is 0. The molecule has 1 rings (SSSR count). The molecule has 0 saturated heterocycles. The van der Waals surface area contributed by atoms with Crippen molar-refractivity contribution in [1.29, 1.82) is 0 Å². The van der Waals surface area contributed by atoms with Crippen LogP contribution in [0.5, 0.6) is 0 Å². The van der Waals surface area contributed by atoms with E-state index in [1.165, 1.54) is 5.56 Å². The van der Waals surface area contributed by atoms with Gasteiger partial charge in [0.05, 0.1) is 0 Å². The van der Waals surface area contributed by atoms with Crippen LogP contribution in [0.2, 0.25) is 0 Å². The Kier molecular flexibility index (Phi) is 5.01. The van der Waals surface area contributed by atoms with Crippen LogP contribution in [0.25, 0.3) is 0 Å². The summed E-state index contributed by atoms with van der Waals surface area (Å²) < 4.78 is 17.1. The Hall–Kier alpha value is 0.0221. The third-order valence-corrected chi connectivity index (χ3v) is 13.7. The quantitative estimate of drug-likeness (QED) is 0.778. The van der Waals surface area contributed by atoms with Gasteiger partial charge in [-0.25, -0.2) is 0 Å². The molecule has 0 fully saturated rings. The molecule has 4 heteroatoms. The van der Waals surface area contributed by atoms with Gasteiger partial charge in [0.1, 0.15) is 0 Å². The van der Waals surface area contributed by atoms with Crippen molar-refractivity contribution in [3.63, 3.8) is 0 Å². The van der Waals surface area contributed by atoms with Crippen molar-refractivity contribution in [1.82, 2.24) is 0 Å². The predicted molar refractivity (Wildman–Crippen MR) is 51.2 cm³/mol. The Bertz CT molecular complexity index is 251. The van der Waals surface area contributed by atoms with E-state index in [0.717, 1.165) is 3.98 Å². The molecule has 0 atom stereocenters. The van der Waals surface area contributed by atoms with Crippen LogP contribution in [0.15, 0.2) is 30.3 Å². The fraction of sp³-hybridized carbons (Fsp3) is 0.400. The molecule has 0 radical (unpaired) electrons. The van der Waals surface area contributed by atoms with Crippen molar-refractivity contribution < 1.29 is 30.6 Å². The van der Waals surface area contributed by atoms with Crippen molar-refractivity contribution in [3.05, 3.63) is 35.9 Å². The molecule has 0 aliphatic heterocycles. The first-order valence-corrected chi connectivity index (χ1v) is 12.7. The first-order valence-electron chi connectivity index (χ1n) is 4.86. The molecule has 0 aromatic heterocycles. The van der Waals surface area contributed by atoms with Gasteiger partial charge in [0.15, 0.2) is 0 Å². The molecule has 76 valence electrons. The zero-order valence-electron chi connectivity index (χ0n) is 9.03. The monoisotopic (exact) mass is 298 g/mol. The van der Waals surface area contributed by atoms with Crippen molar-refractivity contribution in [2.75, 3.05) is 21.3 Å². The van der Waals surface area contributed by atoms with E-state index in [2.05, 4.69) is 12.1 Å². The Labute approximate surface area is 91.6 Å². The normalized spacial score (nSPS) is 10.5. The molecule has 0 aliphatic rings. The van der Waals surface area contributed by atoms with Crippen LogP contribution in [0.1, 0.15) is 5.56 Å². The molecule has 0 heterocycles. The maximum atomic E-state index is 5.43. The molecule has 0 N–H and O–H groups in total. The topological polar surface area (TPSA) is 27.7 Å². The summed E-state index contributed by atoms with van der Waals surface area (Å²) in [6.07, 6.45) is 0. The van der Waals surface area contributed by atoms with Gasteiger partial charge in [-0.05, 0) is 0 Å². The van der Waals surface area contributed by atoms with Gasteiger partial charge >= 0.3 is 91.8 Å². The Morgan fingerprint density at radius 2 is 1.43 bits per heavy atom. The zero-order valence-corrected chi connectivity index (χ0v) is 13.1. The van der Waals surface area contributed by atoms with E-state index in [1.807, 2.05) is 18.2 Å². The van der Waals surface area contributed by atoms with E-state index in [1.54, 1.807) is 21.3 Å². The van der Waals surface area contributed by atoms with Crippen LogP contribution in [0, 0.1) is 0 Å². The third kappa shape index (κ3) is 3.01. The fourth-order valence-corrected chi connectivity index (χ4v) is 8.39. The van der Waals surface area contributed by atoms with E-state index in [9.17, 15) is 0 Å². The molecule has 1 aromatic rings. The van der Waals surface area contributed by atoms with Crippen LogP contribution in [0.3, 0.4) is 0 Å². The standard InChI is InChI=1S/C7H7.3CH3O.Cd/c1-7-5-3-2-4-6-7;3*1-2;/h2-6H,1H2;3*1H3;/q;3*-1;+3. The molecule has 1 aromatic carbocycles. The van der Waals surface area contributed by atoms with Crippen LogP contribution in [-0.2, 0) is 34.6 Å². The molecular weight excluding hydrogens is 281 g/mol. The van der Waals surface area contributed by atoms with E-state index in [0.29, 0.717) is 0 Å². The first-order chi connectivity index (χ1) is 6.76. The minimum atomic E-state index is -3.43. The van der Waals surface area contributed by atoms with E-state index >= 15 is 0 Å². The van der Waals surface area contributed by atoms with Crippen LogP contribution in [0.4, 0.5) is 0 Å². The van der Waals surface area contributed by atoms with Gasteiger partial charge in [0.2, 0.25) is 0 Å². The number of benzene rings is 1. The molecule has 0 unspecified atom stereocenters. The van der Waals surface area contributed by atoms with Gasteiger partial charge in [-0.3, -0.25) is 0 Å². The van der Waals surface area contributed by atoms with Crippen LogP contribution >= 0.6 is 0 Å². The average molecular weight is 297 g/mol. The summed E-state index contributed by atoms with van der Waals surface area (Å²) in [5, 5.41) is 0. The molecular formula is C10H16CdO3. The number of rotatable bonds is 5. The Morgan fingerprint density at radius 1 is 0.929 bits per heavy atom. The molecule has 14 heavy (non-hydrogen) atoms. The van der Waals surface area contributed by atoms with Crippen molar-refractivity contribution in [3.8, 4) is 0 Å². The minimum absolute atomic E-state index is 0.797. The summed E-state index contributed by atoms with van der Waals surface area (Å²) in [6, 6.07) is 10.1. The van der Waals surface area contributed by atoms with Crippen LogP contribution in [-0.4, -0.2) is 21.3 Å². The SMILES string of the molecule is C[O][Cd]([CH2]c1ccccc1)([O]C)[O]C. The number of hydrogen-bond donors (Lipinski definition) is 0. The van der Waals surface area contributed by atoms with Gasteiger partial charge < -0.3 is 0 Å². The van der Waals surface area contributed by atoms with E-state index in [-0.39, 0.29) is 0 Å². The maximum absolute atomic E-state index is 5.43. The van der Waals surface area contributed by atoms with Crippen LogP contribution < -0.4 is 0 Å². The van der Waals surface area contributed by atoms with Crippen molar-refractivity contribution in [2.45, 2.75) is 3.98 Å². The first kappa shape index (κ1) is 12.1. The molecule has 0 spiro atoms. The molecule has 0 amide bonds. The Morgan fingerprint density at radius 3 is 1.86 bits per heavy atom. The van der Waals surface area contributed by atoms with Crippen molar-refractivity contribution >= 4 is 0 Å². The average Bonchev–Trinajstić information content (AvgIpc) is 2.28. The summed E-state index contributed by atoms with van der Waals surface area (Å²) in [5.41, 5.74) is 1.21. The van der Waals surface area contributed by atoms with Gasteiger partial charge in [-0.1, -0.05) is 0 Å². The second-order valence-corrected chi connectivity index (χ2v) is 15.5. The second-order valence-electron chi connectivity index (χ2n) is 3.57. The van der Waals surface area contributed by atoms with Gasteiger partial charge in [0, 0.05) is 0 Å². The summed E-state index contributed by atoms with van der Waals surface area (Å²) in [5.74, 6) is 0. The predicted octanol–water partition coefficient (Wildman–Crippen LogP) is 2.02. The van der Waals surface area contributed by atoms with Crippen molar-refractivity contribution in [2.24, 2.45) is 0 Å². The second kappa shape index (κ2) is 5.79. The molecule has 0 bridgehead atoms. The summed E-state index contributed by atoms with van der Waals surface area (Å²) >= 11 is -3.43. The third-order valence-electron chi connectivity index (χ3n) is 2.76.